The van der Waals surface area contributed by atoms with Gasteiger partial charge < -0.3 is 14.2 Å². The van der Waals surface area contributed by atoms with Gasteiger partial charge in [0.15, 0.2) is 11.9 Å². The fourth-order valence-electron chi connectivity index (χ4n) is 5.93. The Kier molecular flexibility index (Phi) is 11.0. The minimum Gasteiger partial charge on any atom is -0.447 e. The Morgan fingerprint density at radius 3 is 2.59 bits per heavy atom. The number of carbonyl (C=O) groups excluding carboxylic acids is 1. The summed E-state index contributed by atoms with van der Waals surface area (Å²) in [6.07, 6.45) is 8.62. The number of aromatic nitrogens is 3. The van der Waals surface area contributed by atoms with E-state index in [1.54, 1.807) is 49.4 Å². The molecule has 0 saturated carbocycles. The van der Waals surface area contributed by atoms with Gasteiger partial charge in [-0.1, -0.05) is 54.6 Å². The van der Waals surface area contributed by atoms with Gasteiger partial charge in [0.05, 0.1) is 42.2 Å². The van der Waals surface area contributed by atoms with Crippen LogP contribution in [0.2, 0.25) is 0 Å². The maximum absolute atomic E-state index is 15.9. The molecule has 8 nitrogen and oxygen atoms in total. The first-order valence-electron chi connectivity index (χ1n) is 15.9. The number of esters is 1. The second-order valence-corrected chi connectivity index (χ2v) is 13.5. The molecule has 1 saturated heterocycles. The van der Waals surface area contributed by atoms with Gasteiger partial charge in [-0.2, -0.15) is 10.4 Å². The predicted octanol–water partition coefficient (Wildman–Crippen LogP) is 7.79. The first kappa shape index (κ1) is 35.6. The zero-order valence-corrected chi connectivity index (χ0v) is 28.2. The number of thioether (sulfide) groups is 1. The molecule has 1 radical (unpaired) electrons. The molecule has 51 heavy (non-hydrogen) atoms. The molecule has 1 aromatic heterocycles. The number of benzene rings is 4. The highest BCUT2D eigenvalue weighted by Crippen LogP contribution is 2.43. The summed E-state index contributed by atoms with van der Waals surface area (Å²) < 4.78 is 64.0. The van der Waals surface area contributed by atoms with Crippen LogP contribution in [0.1, 0.15) is 39.5 Å². The molecule has 12 heteroatoms. The molecular formula is C39H32F3N4O4S. The van der Waals surface area contributed by atoms with E-state index in [0.29, 0.717) is 16.5 Å². The number of rotatable bonds is 11. The lowest BCUT2D eigenvalue weighted by atomic mass is 9.89. The Hall–Kier alpha value is -5.22. The SMILES string of the molecule is [CH2]c1cccc2cccc(C(=O)O[C@@](Cn3cncn3)(c3ccc(F)cc3F)[C@@H](C)S[C@H]3CO[C@H](/C=C/C=C/c4ccc(C#N)cc4F)OC3)c12. The Balaban J connectivity index is 1.24. The minimum absolute atomic E-state index is 0.0354. The van der Waals surface area contributed by atoms with Crippen molar-refractivity contribution >= 4 is 34.6 Å². The molecule has 0 amide bonds. The number of halogens is 3. The van der Waals surface area contributed by atoms with Crippen molar-refractivity contribution in [1.82, 2.24) is 14.8 Å². The molecule has 6 rings (SSSR count). The number of nitrogens with zero attached hydrogens (tertiary/aromatic N) is 4. The zero-order chi connectivity index (χ0) is 36.0. The van der Waals surface area contributed by atoms with Crippen LogP contribution in [0, 0.1) is 35.7 Å². The topological polar surface area (TPSA) is 99.3 Å². The van der Waals surface area contributed by atoms with Crippen LogP contribution < -0.4 is 0 Å². The smallest absolute Gasteiger partial charge is 0.339 e. The van der Waals surface area contributed by atoms with Gasteiger partial charge in [0.25, 0.3) is 0 Å². The van der Waals surface area contributed by atoms with E-state index in [1.807, 2.05) is 24.3 Å². The third-order valence-corrected chi connectivity index (χ3v) is 9.91. The van der Waals surface area contributed by atoms with Crippen molar-refractivity contribution in [2.45, 2.75) is 35.9 Å². The van der Waals surface area contributed by atoms with Crippen LogP contribution in [-0.4, -0.2) is 50.7 Å². The fourth-order valence-corrected chi connectivity index (χ4v) is 7.30. The highest BCUT2D eigenvalue weighted by molar-refractivity contribution is 8.00. The van der Waals surface area contributed by atoms with Crippen LogP contribution in [0.5, 0.6) is 0 Å². The lowest BCUT2D eigenvalue weighted by molar-refractivity contribution is -0.146. The molecule has 0 aliphatic carbocycles. The summed E-state index contributed by atoms with van der Waals surface area (Å²) in [4.78, 5) is 18.2. The summed E-state index contributed by atoms with van der Waals surface area (Å²) in [5.74, 6) is -2.89. The summed E-state index contributed by atoms with van der Waals surface area (Å²) >= 11 is 1.37. The quantitative estimate of drug-likeness (QED) is 0.101. The second kappa shape index (κ2) is 15.8. The van der Waals surface area contributed by atoms with Crippen molar-refractivity contribution in [3.8, 4) is 6.07 Å². The Bertz CT molecular complexity index is 2120. The van der Waals surface area contributed by atoms with Gasteiger partial charge in [-0.15, -0.1) is 11.8 Å². The van der Waals surface area contributed by atoms with E-state index in [0.717, 1.165) is 17.5 Å². The van der Waals surface area contributed by atoms with Crippen LogP contribution in [0.25, 0.3) is 16.8 Å². The van der Waals surface area contributed by atoms with Crippen molar-refractivity contribution < 1.29 is 32.2 Å². The summed E-state index contributed by atoms with van der Waals surface area (Å²) in [5.41, 5.74) is -0.320. The van der Waals surface area contributed by atoms with E-state index in [9.17, 15) is 13.6 Å². The number of allylic oxidation sites excluding steroid dienone is 2. The molecule has 4 aromatic carbocycles. The van der Waals surface area contributed by atoms with Gasteiger partial charge in [0, 0.05) is 22.4 Å². The Morgan fingerprint density at radius 2 is 1.88 bits per heavy atom. The van der Waals surface area contributed by atoms with E-state index in [1.165, 1.54) is 53.4 Å². The van der Waals surface area contributed by atoms with Gasteiger partial charge in [-0.25, -0.2) is 27.6 Å². The minimum atomic E-state index is -1.71. The molecule has 0 bridgehead atoms. The maximum atomic E-state index is 15.9. The van der Waals surface area contributed by atoms with Gasteiger partial charge >= 0.3 is 5.97 Å². The molecule has 0 N–H and O–H groups in total. The Labute approximate surface area is 297 Å². The number of hydrogen-bond acceptors (Lipinski definition) is 8. The van der Waals surface area contributed by atoms with Gasteiger partial charge in [-0.05, 0) is 66.6 Å². The monoisotopic (exact) mass is 709 g/mol. The van der Waals surface area contributed by atoms with E-state index in [-0.39, 0.29) is 41.7 Å². The van der Waals surface area contributed by atoms with Crippen LogP contribution in [0.3, 0.4) is 0 Å². The van der Waals surface area contributed by atoms with E-state index in [2.05, 4.69) is 17.0 Å². The van der Waals surface area contributed by atoms with Crippen LogP contribution in [0.4, 0.5) is 13.2 Å². The largest absolute Gasteiger partial charge is 0.447 e. The van der Waals surface area contributed by atoms with Gasteiger partial charge in [0.1, 0.15) is 30.1 Å². The lowest BCUT2D eigenvalue weighted by Crippen LogP contribution is -2.47. The highest BCUT2D eigenvalue weighted by atomic mass is 32.2. The lowest BCUT2D eigenvalue weighted by Gasteiger charge is -2.40. The average molecular weight is 710 g/mol. The standard InChI is InChI=1S/C39H32F3N4O4S/c1-25-7-5-9-29-10-6-11-32(37(25)29)38(47)50-39(22-46-24-44-23-45-46,33-16-15-30(40)18-35(33)42)26(2)51-31-20-48-36(49-21-31)12-4-3-8-28-14-13-27(19-43)17-34(28)41/h3-18,23-24,26,31,36H,1,20-22H2,2H3/b8-3+,12-4+/t26-,31-,36-,39-/m1/s1. The van der Waals surface area contributed by atoms with Crippen molar-refractivity contribution in [2.24, 2.45) is 0 Å². The normalized spacial score (nSPS) is 18.1. The van der Waals surface area contributed by atoms with Gasteiger partial charge in [-0.3, -0.25) is 0 Å². The maximum Gasteiger partial charge on any atom is 0.339 e. The van der Waals surface area contributed by atoms with Crippen molar-refractivity contribution in [1.29, 1.82) is 5.26 Å². The van der Waals surface area contributed by atoms with Crippen molar-refractivity contribution in [2.75, 3.05) is 13.2 Å². The molecule has 5 aromatic rings. The predicted molar refractivity (Wildman–Crippen MR) is 188 cm³/mol. The van der Waals surface area contributed by atoms with Gasteiger partial charge in [0.2, 0.25) is 0 Å². The second-order valence-electron chi connectivity index (χ2n) is 11.8. The van der Waals surface area contributed by atoms with Crippen LogP contribution >= 0.6 is 11.8 Å². The molecule has 2 atom stereocenters. The third-order valence-electron chi connectivity index (χ3n) is 8.47. The summed E-state index contributed by atoms with van der Waals surface area (Å²) in [5, 5.41) is 13.6. The van der Waals surface area contributed by atoms with Crippen molar-refractivity contribution in [3.63, 3.8) is 0 Å². The highest BCUT2D eigenvalue weighted by Gasteiger charge is 2.47. The van der Waals surface area contributed by atoms with E-state index < -0.39 is 40.6 Å². The molecule has 2 heterocycles. The van der Waals surface area contributed by atoms with Crippen LogP contribution in [0.15, 0.2) is 104 Å². The number of carbonyl (C=O) groups is 1. The summed E-state index contributed by atoms with van der Waals surface area (Å²) in [7, 11) is 0. The third kappa shape index (κ3) is 8.07. The molecule has 0 spiro atoms. The fraction of sp³-hybridized carbons (Fsp3) is 0.205. The molecule has 1 aliphatic rings. The van der Waals surface area contributed by atoms with Crippen molar-refractivity contribution in [3.05, 3.63) is 156 Å². The van der Waals surface area contributed by atoms with Crippen LogP contribution in [-0.2, 0) is 26.4 Å². The van der Waals surface area contributed by atoms with E-state index in [4.69, 9.17) is 19.5 Å². The molecule has 259 valence electrons. The molecule has 1 aliphatic heterocycles. The molecule has 1 fully saturated rings. The Morgan fingerprint density at radius 1 is 1.10 bits per heavy atom. The number of hydrogen-bond donors (Lipinski definition) is 0. The molecular weight excluding hydrogens is 678 g/mol. The summed E-state index contributed by atoms with van der Waals surface area (Å²) in [6, 6.07) is 20.0. The zero-order valence-electron chi connectivity index (χ0n) is 27.4. The molecule has 0 unspecified atom stereocenters. The number of ether oxygens (including phenoxy) is 3. The average Bonchev–Trinajstić information content (AvgIpc) is 3.64. The first-order valence-corrected chi connectivity index (χ1v) is 16.9. The first-order chi connectivity index (χ1) is 24.7. The number of nitriles is 1. The van der Waals surface area contributed by atoms with E-state index >= 15 is 4.39 Å². The summed E-state index contributed by atoms with van der Waals surface area (Å²) in [6.45, 7) is 6.24. The number of fused-ring (bicyclic) bond motifs is 1.